The number of nitrogens with zero attached hydrogens (tertiary/aromatic N) is 1. The Hall–Kier alpha value is -1.81. The number of piperidine rings is 1. The molecule has 4 heteroatoms. The van der Waals surface area contributed by atoms with Gasteiger partial charge in [-0.05, 0) is 44.3 Å². The summed E-state index contributed by atoms with van der Waals surface area (Å²) in [6, 6.07) is 8.10. The SMILES string of the molecule is CCc1oc2ccccc2c1CN(C)C(=O)CCC1CCNCC1. The topological polar surface area (TPSA) is 45.5 Å². The number of fused-ring (bicyclic) bond motifs is 1. The number of carbonyl (C=O) groups is 1. The second-order valence-electron chi connectivity index (χ2n) is 6.84. The van der Waals surface area contributed by atoms with Crippen LogP contribution in [-0.2, 0) is 17.8 Å². The van der Waals surface area contributed by atoms with E-state index in [1.54, 1.807) is 0 Å². The first-order valence-corrected chi connectivity index (χ1v) is 9.13. The first-order valence-electron chi connectivity index (χ1n) is 9.13. The third kappa shape index (κ3) is 3.81. The molecule has 1 amide bonds. The zero-order chi connectivity index (χ0) is 16.9. The van der Waals surface area contributed by atoms with Gasteiger partial charge in [0, 0.05) is 37.4 Å². The normalized spacial score (nSPS) is 15.8. The van der Waals surface area contributed by atoms with Crippen LogP contribution in [0.5, 0.6) is 0 Å². The second-order valence-corrected chi connectivity index (χ2v) is 6.84. The summed E-state index contributed by atoms with van der Waals surface area (Å²) in [5, 5.41) is 4.51. The Morgan fingerprint density at radius 2 is 2.04 bits per heavy atom. The zero-order valence-electron chi connectivity index (χ0n) is 14.8. The molecule has 0 atom stereocenters. The molecule has 24 heavy (non-hydrogen) atoms. The van der Waals surface area contributed by atoms with Gasteiger partial charge in [0.25, 0.3) is 0 Å². The van der Waals surface area contributed by atoms with Crippen molar-refractivity contribution >= 4 is 16.9 Å². The van der Waals surface area contributed by atoms with Crippen molar-refractivity contribution in [2.24, 2.45) is 5.92 Å². The predicted octanol–water partition coefficient (Wildman–Crippen LogP) is 3.73. The highest BCUT2D eigenvalue weighted by atomic mass is 16.3. The van der Waals surface area contributed by atoms with Gasteiger partial charge in [0.15, 0.2) is 0 Å². The molecule has 2 aromatic rings. The van der Waals surface area contributed by atoms with Crippen molar-refractivity contribution in [3.8, 4) is 0 Å². The summed E-state index contributed by atoms with van der Waals surface area (Å²) in [6.45, 7) is 4.91. The van der Waals surface area contributed by atoms with Crippen molar-refractivity contribution in [3.05, 3.63) is 35.6 Å². The minimum absolute atomic E-state index is 0.237. The fourth-order valence-corrected chi connectivity index (χ4v) is 3.62. The molecule has 1 aliphatic heterocycles. The molecule has 3 rings (SSSR count). The molecule has 0 aliphatic carbocycles. The quantitative estimate of drug-likeness (QED) is 0.879. The van der Waals surface area contributed by atoms with Crippen LogP contribution in [0.4, 0.5) is 0 Å². The smallest absolute Gasteiger partial charge is 0.222 e. The summed E-state index contributed by atoms with van der Waals surface area (Å²) in [6.07, 6.45) is 4.91. The average molecular weight is 328 g/mol. The highest BCUT2D eigenvalue weighted by molar-refractivity contribution is 5.83. The maximum atomic E-state index is 12.5. The number of aryl methyl sites for hydroxylation is 1. The van der Waals surface area contributed by atoms with Gasteiger partial charge in [-0.1, -0.05) is 25.1 Å². The maximum Gasteiger partial charge on any atom is 0.222 e. The Balaban J connectivity index is 1.63. The van der Waals surface area contributed by atoms with Gasteiger partial charge in [0.1, 0.15) is 11.3 Å². The lowest BCUT2D eigenvalue weighted by atomic mass is 9.93. The Labute approximate surface area is 144 Å². The highest BCUT2D eigenvalue weighted by Crippen LogP contribution is 2.27. The lowest BCUT2D eigenvalue weighted by molar-refractivity contribution is -0.130. The number of nitrogens with one attached hydrogen (secondary N) is 1. The number of amides is 1. The molecule has 0 saturated carbocycles. The van der Waals surface area contributed by atoms with E-state index in [2.05, 4.69) is 18.3 Å². The van der Waals surface area contributed by atoms with E-state index in [-0.39, 0.29) is 5.91 Å². The predicted molar refractivity (Wildman–Crippen MR) is 96.9 cm³/mol. The van der Waals surface area contributed by atoms with Gasteiger partial charge < -0.3 is 14.6 Å². The molecule has 1 fully saturated rings. The molecular formula is C20H28N2O2. The summed E-state index contributed by atoms with van der Waals surface area (Å²) in [5.74, 6) is 1.93. The van der Waals surface area contributed by atoms with Crippen LogP contribution >= 0.6 is 0 Å². The van der Waals surface area contributed by atoms with Gasteiger partial charge in [-0.25, -0.2) is 0 Å². The molecule has 1 aromatic heterocycles. The van der Waals surface area contributed by atoms with Crippen molar-refractivity contribution < 1.29 is 9.21 Å². The van der Waals surface area contributed by atoms with Gasteiger partial charge in [0.05, 0.1) is 0 Å². The summed E-state index contributed by atoms with van der Waals surface area (Å²) in [4.78, 5) is 14.4. The summed E-state index contributed by atoms with van der Waals surface area (Å²) >= 11 is 0. The standard InChI is InChI=1S/C20H28N2O2/c1-3-18-17(16-6-4-5-7-19(16)24-18)14-22(2)20(23)9-8-15-10-12-21-13-11-15/h4-7,15,21H,3,8-14H2,1-2H3. The molecule has 1 saturated heterocycles. The van der Waals surface area contributed by atoms with E-state index in [9.17, 15) is 4.79 Å². The van der Waals surface area contributed by atoms with Crippen LogP contribution in [0.3, 0.4) is 0 Å². The molecule has 130 valence electrons. The van der Waals surface area contributed by atoms with E-state index in [0.29, 0.717) is 18.9 Å². The molecule has 2 heterocycles. The van der Waals surface area contributed by atoms with E-state index in [1.807, 2.05) is 30.1 Å². The lowest BCUT2D eigenvalue weighted by Gasteiger charge is -2.23. The fraction of sp³-hybridized carbons (Fsp3) is 0.550. The number of hydrogen-bond acceptors (Lipinski definition) is 3. The molecule has 0 bridgehead atoms. The van der Waals surface area contributed by atoms with Crippen LogP contribution in [-0.4, -0.2) is 30.9 Å². The zero-order valence-corrected chi connectivity index (χ0v) is 14.8. The molecule has 1 aliphatic rings. The van der Waals surface area contributed by atoms with Crippen LogP contribution in [0.1, 0.15) is 43.9 Å². The summed E-state index contributed by atoms with van der Waals surface area (Å²) in [5.41, 5.74) is 2.07. The lowest BCUT2D eigenvalue weighted by Crippen LogP contribution is -2.30. The van der Waals surface area contributed by atoms with E-state index < -0.39 is 0 Å². The van der Waals surface area contributed by atoms with Crippen molar-refractivity contribution in [2.75, 3.05) is 20.1 Å². The van der Waals surface area contributed by atoms with Gasteiger partial charge in [-0.15, -0.1) is 0 Å². The highest BCUT2D eigenvalue weighted by Gasteiger charge is 2.19. The minimum atomic E-state index is 0.237. The summed E-state index contributed by atoms with van der Waals surface area (Å²) in [7, 11) is 1.91. The van der Waals surface area contributed by atoms with Crippen molar-refractivity contribution in [2.45, 2.75) is 45.6 Å². The number of hydrogen-bond donors (Lipinski definition) is 1. The van der Waals surface area contributed by atoms with Crippen LogP contribution in [0, 0.1) is 5.92 Å². The van der Waals surface area contributed by atoms with Crippen molar-refractivity contribution in [3.63, 3.8) is 0 Å². The third-order valence-corrected chi connectivity index (χ3v) is 5.15. The Morgan fingerprint density at radius 3 is 2.79 bits per heavy atom. The number of carbonyl (C=O) groups excluding carboxylic acids is 1. The van der Waals surface area contributed by atoms with Crippen molar-refractivity contribution in [1.29, 1.82) is 0 Å². The molecule has 4 nitrogen and oxygen atoms in total. The number of para-hydroxylation sites is 1. The average Bonchev–Trinajstić information content (AvgIpc) is 2.98. The van der Waals surface area contributed by atoms with Crippen molar-refractivity contribution in [1.82, 2.24) is 10.2 Å². The van der Waals surface area contributed by atoms with E-state index >= 15 is 0 Å². The third-order valence-electron chi connectivity index (χ3n) is 5.15. The molecule has 0 radical (unpaired) electrons. The molecule has 1 aromatic carbocycles. The molecular weight excluding hydrogens is 300 g/mol. The Kier molecular flexibility index (Phi) is 5.56. The fourth-order valence-electron chi connectivity index (χ4n) is 3.62. The molecule has 0 unspecified atom stereocenters. The van der Waals surface area contributed by atoms with Gasteiger partial charge in [0.2, 0.25) is 5.91 Å². The van der Waals surface area contributed by atoms with Gasteiger partial charge in [-0.2, -0.15) is 0 Å². The van der Waals surface area contributed by atoms with E-state index in [4.69, 9.17) is 4.42 Å². The second kappa shape index (κ2) is 7.84. The van der Waals surface area contributed by atoms with Crippen LogP contribution in [0.15, 0.2) is 28.7 Å². The molecule has 0 spiro atoms. The number of benzene rings is 1. The largest absolute Gasteiger partial charge is 0.461 e. The van der Waals surface area contributed by atoms with Gasteiger partial charge in [-0.3, -0.25) is 4.79 Å². The van der Waals surface area contributed by atoms with E-state index in [1.165, 1.54) is 12.8 Å². The number of rotatable bonds is 6. The Morgan fingerprint density at radius 1 is 1.29 bits per heavy atom. The van der Waals surface area contributed by atoms with Gasteiger partial charge >= 0.3 is 0 Å². The monoisotopic (exact) mass is 328 g/mol. The minimum Gasteiger partial charge on any atom is -0.461 e. The Bertz CT molecular complexity index is 686. The first kappa shape index (κ1) is 17.0. The van der Waals surface area contributed by atoms with Crippen LogP contribution in [0.2, 0.25) is 0 Å². The van der Waals surface area contributed by atoms with Crippen LogP contribution in [0.25, 0.3) is 11.0 Å². The molecule has 1 N–H and O–H groups in total. The maximum absolute atomic E-state index is 12.5. The first-order chi connectivity index (χ1) is 11.7. The van der Waals surface area contributed by atoms with Crippen LogP contribution < -0.4 is 5.32 Å². The summed E-state index contributed by atoms with van der Waals surface area (Å²) < 4.78 is 5.94. The van der Waals surface area contributed by atoms with E-state index in [0.717, 1.165) is 48.2 Å². The number of furan rings is 1.